The van der Waals surface area contributed by atoms with Gasteiger partial charge in [0, 0.05) is 43.4 Å². The number of amides is 2. The molecule has 0 saturated carbocycles. The van der Waals surface area contributed by atoms with Crippen molar-refractivity contribution in [3.05, 3.63) is 41.2 Å². The molecule has 1 atom stereocenters. The lowest BCUT2D eigenvalue weighted by Gasteiger charge is -2.19. The maximum Gasteiger partial charge on any atom is 0.317 e. The van der Waals surface area contributed by atoms with Gasteiger partial charge >= 0.3 is 6.03 Å². The van der Waals surface area contributed by atoms with Crippen LogP contribution in [0.5, 0.6) is 11.5 Å². The van der Waals surface area contributed by atoms with E-state index < -0.39 is 0 Å². The molecule has 1 saturated heterocycles. The molecule has 28 heavy (non-hydrogen) atoms. The number of methoxy groups -OCH3 is 2. The fourth-order valence-electron chi connectivity index (χ4n) is 3.87. The Morgan fingerprint density at radius 3 is 2.79 bits per heavy atom. The zero-order chi connectivity index (χ0) is 20.1. The van der Waals surface area contributed by atoms with Crippen molar-refractivity contribution in [3.63, 3.8) is 0 Å². The third-order valence-electron chi connectivity index (χ3n) is 5.27. The molecule has 0 aliphatic carbocycles. The fraction of sp³-hybridized carbons (Fsp3) is 0.524. The predicted molar refractivity (Wildman–Crippen MR) is 108 cm³/mol. The summed E-state index contributed by atoms with van der Waals surface area (Å²) in [5, 5.41) is 7.48. The van der Waals surface area contributed by atoms with Crippen molar-refractivity contribution >= 4 is 6.03 Å². The topological polar surface area (TPSA) is 68.6 Å². The second kappa shape index (κ2) is 8.99. The molecule has 2 heterocycles. The van der Waals surface area contributed by atoms with Crippen LogP contribution in [-0.2, 0) is 6.54 Å². The first-order chi connectivity index (χ1) is 13.5. The summed E-state index contributed by atoms with van der Waals surface area (Å²) in [6.45, 7) is 6.92. The molecule has 3 rings (SSSR count). The molecule has 1 aliphatic heterocycles. The number of nitrogens with one attached hydrogen (secondary N) is 1. The number of hydrogen-bond acceptors (Lipinski definition) is 4. The molecule has 2 aromatic rings. The SMILES string of the molecule is COc1cccc(C2CCN(C(=O)NCCCn3nc(C)cc3C)C2)c1OC. The Morgan fingerprint density at radius 1 is 1.29 bits per heavy atom. The van der Waals surface area contributed by atoms with Gasteiger partial charge in [0.15, 0.2) is 11.5 Å². The second-order valence-corrected chi connectivity index (χ2v) is 7.25. The minimum Gasteiger partial charge on any atom is -0.493 e. The molecule has 7 heteroatoms. The molecule has 1 aromatic heterocycles. The number of ether oxygens (including phenoxy) is 2. The van der Waals surface area contributed by atoms with Gasteiger partial charge in [-0.15, -0.1) is 0 Å². The van der Waals surface area contributed by atoms with Crippen LogP contribution in [0.25, 0.3) is 0 Å². The molecule has 0 spiro atoms. The normalized spacial score (nSPS) is 16.3. The van der Waals surface area contributed by atoms with Gasteiger partial charge in [-0.1, -0.05) is 12.1 Å². The Labute approximate surface area is 166 Å². The van der Waals surface area contributed by atoms with Crippen molar-refractivity contribution in [1.29, 1.82) is 0 Å². The van der Waals surface area contributed by atoms with Crippen LogP contribution in [0, 0.1) is 13.8 Å². The third kappa shape index (κ3) is 4.40. The van der Waals surface area contributed by atoms with Crippen LogP contribution < -0.4 is 14.8 Å². The predicted octanol–water partition coefficient (Wildman–Crippen LogP) is 3.11. The quantitative estimate of drug-likeness (QED) is 0.743. The van der Waals surface area contributed by atoms with Crippen molar-refractivity contribution in [1.82, 2.24) is 20.0 Å². The molecule has 1 N–H and O–H groups in total. The Morgan fingerprint density at radius 2 is 2.11 bits per heavy atom. The van der Waals surface area contributed by atoms with E-state index in [2.05, 4.69) is 29.5 Å². The second-order valence-electron chi connectivity index (χ2n) is 7.25. The maximum atomic E-state index is 12.5. The van der Waals surface area contributed by atoms with E-state index in [9.17, 15) is 4.79 Å². The van der Waals surface area contributed by atoms with Crippen LogP contribution >= 0.6 is 0 Å². The molecular formula is C21H30N4O3. The molecule has 2 amide bonds. The number of carbonyl (C=O) groups is 1. The first-order valence-electron chi connectivity index (χ1n) is 9.78. The largest absolute Gasteiger partial charge is 0.493 e. The van der Waals surface area contributed by atoms with E-state index in [0.717, 1.165) is 54.4 Å². The third-order valence-corrected chi connectivity index (χ3v) is 5.27. The van der Waals surface area contributed by atoms with E-state index in [4.69, 9.17) is 9.47 Å². The van der Waals surface area contributed by atoms with Crippen LogP contribution in [0.1, 0.15) is 35.7 Å². The zero-order valence-electron chi connectivity index (χ0n) is 17.2. The monoisotopic (exact) mass is 386 g/mol. The molecule has 1 unspecified atom stereocenters. The van der Waals surface area contributed by atoms with Gasteiger partial charge in [0.2, 0.25) is 0 Å². The number of aryl methyl sites for hydroxylation is 3. The molecule has 7 nitrogen and oxygen atoms in total. The Balaban J connectivity index is 1.50. The van der Waals surface area contributed by atoms with Gasteiger partial charge in [0.05, 0.1) is 19.9 Å². The summed E-state index contributed by atoms with van der Waals surface area (Å²) in [5.74, 6) is 1.75. The number of benzene rings is 1. The molecule has 1 aliphatic rings. The average molecular weight is 386 g/mol. The maximum absolute atomic E-state index is 12.5. The number of urea groups is 1. The first-order valence-corrected chi connectivity index (χ1v) is 9.78. The van der Waals surface area contributed by atoms with Crippen LogP contribution in [0.15, 0.2) is 24.3 Å². The lowest BCUT2D eigenvalue weighted by molar-refractivity contribution is 0.208. The van der Waals surface area contributed by atoms with E-state index in [1.165, 1.54) is 0 Å². The van der Waals surface area contributed by atoms with E-state index >= 15 is 0 Å². The molecular weight excluding hydrogens is 356 g/mol. The van der Waals surface area contributed by atoms with Crippen LogP contribution in [0.4, 0.5) is 4.79 Å². The molecule has 1 aromatic carbocycles. The fourth-order valence-corrected chi connectivity index (χ4v) is 3.87. The average Bonchev–Trinajstić information content (AvgIpc) is 3.30. The highest BCUT2D eigenvalue weighted by Gasteiger charge is 2.29. The lowest BCUT2D eigenvalue weighted by atomic mass is 9.97. The van der Waals surface area contributed by atoms with E-state index in [0.29, 0.717) is 13.1 Å². The van der Waals surface area contributed by atoms with Crippen molar-refractivity contribution in [2.45, 2.75) is 39.2 Å². The molecule has 0 bridgehead atoms. The minimum absolute atomic E-state index is 0.00210. The van der Waals surface area contributed by atoms with E-state index in [-0.39, 0.29) is 11.9 Å². The summed E-state index contributed by atoms with van der Waals surface area (Å²) in [7, 11) is 3.30. The van der Waals surface area contributed by atoms with Crippen molar-refractivity contribution < 1.29 is 14.3 Å². The summed E-state index contributed by atoms with van der Waals surface area (Å²) in [6.07, 6.45) is 1.78. The summed E-state index contributed by atoms with van der Waals surface area (Å²) < 4.78 is 12.9. The van der Waals surface area contributed by atoms with Gasteiger partial charge in [-0.05, 0) is 38.8 Å². The van der Waals surface area contributed by atoms with Gasteiger partial charge in [-0.25, -0.2) is 4.79 Å². The number of carbonyl (C=O) groups excluding carboxylic acids is 1. The van der Waals surface area contributed by atoms with Crippen LogP contribution in [0.2, 0.25) is 0 Å². The van der Waals surface area contributed by atoms with E-state index in [1.807, 2.05) is 28.6 Å². The summed E-state index contributed by atoms with van der Waals surface area (Å²) in [5.41, 5.74) is 3.28. The smallest absolute Gasteiger partial charge is 0.317 e. The van der Waals surface area contributed by atoms with Crippen LogP contribution in [0.3, 0.4) is 0 Å². The van der Waals surface area contributed by atoms with Crippen LogP contribution in [-0.4, -0.2) is 54.6 Å². The van der Waals surface area contributed by atoms with Crippen molar-refractivity contribution in [2.24, 2.45) is 0 Å². The first kappa shape index (κ1) is 20.0. The summed E-state index contributed by atoms with van der Waals surface area (Å²) >= 11 is 0. The number of aromatic nitrogens is 2. The Hall–Kier alpha value is -2.70. The molecule has 0 radical (unpaired) electrons. The van der Waals surface area contributed by atoms with Gasteiger partial charge in [0.1, 0.15) is 0 Å². The number of nitrogens with zero attached hydrogens (tertiary/aromatic N) is 3. The number of rotatable bonds is 7. The van der Waals surface area contributed by atoms with Gasteiger partial charge < -0.3 is 19.7 Å². The summed E-state index contributed by atoms with van der Waals surface area (Å²) in [4.78, 5) is 14.4. The van der Waals surface area contributed by atoms with Gasteiger partial charge in [-0.2, -0.15) is 5.10 Å². The lowest BCUT2D eigenvalue weighted by Crippen LogP contribution is -2.39. The number of hydrogen-bond donors (Lipinski definition) is 1. The van der Waals surface area contributed by atoms with Gasteiger partial charge in [0.25, 0.3) is 0 Å². The number of para-hydroxylation sites is 1. The highest BCUT2D eigenvalue weighted by atomic mass is 16.5. The molecule has 1 fully saturated rings. The summed E-state index contributed by atoms with van der Waals surface area (Å²) in [6, 6.07) is 7.98. The highest BCUT2D eigenvalue weighted by molar-refractivity contribution is 5.74. The van der Waals surface area contributed by atoms with E-state index in [1.54, 1.807) is 14.2 Å². The number of likely N-dealkylation sites (tertiary alicyclic amines) is 1. The van der Waals surface area contributed by atoms with Crippen molar-refractivity contribution in [2.75, 3.05) is 33.9 Å². The Bertz CT molecular complexity index is 818. The Kier molecular flexibility index (Phi) is 6.44. The highest BCUT2D eigenvalue weighted by Crippen LogP contribution is 2.39. The standard InChI is InChI=1S/C21H30N4O3/c1-15-13-16(2)25(23-15)11-6-10-22-21(26)24-12-9-17(14-24)18-7-5-8-19(27-3)20(18)28-4/h5,7-8,13,17H,6,9-12,14H2,1-4H3,(H,22,26). The minimum atomic E-state index is -0.00210. The zero-order valence-corrected chi connectivity index (χ0v) is 17.2. The van der Waals surface area contributed by atoms with Crippen molar-refractivity contribution in [3.8, 4) is 11.5 Å². The molecule has 152 valence electrons. The van der Waals surface area contributed by atoms with Gasteiger partial charge in [-0.3, -0.25) is 4.68 Å².